The predicted molar refractivity (Wildman–Crippen MR) is 95.9 cm³/mol. The van der Waals surface area contributed by atoms with Gasteiger partial charge in [-0.15, -0.1) is 0 Å². The topological polar surface area (TPSA) is 71.8 Å². The van der Waals surface area contributed by atoms with Crippen molar-refractivity contribution in [2.75, 3.05) is 6.26 Å². The Morgan fingerprint density at radius 1 is 1.29 bits per heavy atom. The van der Waals surface area contributed by atoms with Crippen molar-refractivity contribution in [3.63, 3.8) is 0 Å². The van der Waals surface area contributed by atoms with Gasteiger partial charge in [-0.05, 0) is 36.6 Å². The van der Waals surface area contributed by atoms with Crippen LogP contribution < -0.4 is 10.6 Å². The molecule has 24 heavy (non-hydrogen) atoms. The third kappa shape index (κ3) is 4.74. The largest absolute Gasteiger partial charge is 0.335 e. The van der Waals surface area contributed by atoms with E-state index in [1.54, 1.807) is 11.0 Å². The molecule has 1 fully saturated rings. The third-order valence-corrected chi connectivity index (χ3v) is 5.44. The molecular formula is C17H23N5OS. The fraction of sp³-hybridized carbons (Fsp3) is 0.471. The van der Waals surface area contributed by atoms with Crippen molar-refractivity contribution in [1.82, 2.24) is 25.4 Å². The van der Waals surface area contributed by atoms with E-state index in [0.29, 0.717) is 24.4 Å². The summed E-state index contributed by atoms with van der Waals surface area (Å²) in [5.74, 6) is 0. The summed E-state index contributed by atoms with van der Waals surface area (Å²) in [5.41, 5.74) is 2.24. The molecular weight excluding hydrogens is 322 g/mol. The van der Waals surface area contributed by atoms with Gasteiger partial charge in [-0.3, -0.25) is 0 Å². The first kappa shape index (κ1) is 16.8. The van der Waals surface area contributed by atoms with Crippen LogP contribution in [0.25, 0.3) is 0 Å². The molecule has 0 bridgehead atoms. The standard InChI is InChI=1S/C17H23N5OS/c1-24-16-7-6-15(8-16)21-17(23)19-9-13-2-4-14(5-3-13)10-22-12-18-11-20-22/h2-5,11-12,15-16H,6-10H2,1H3,(H2,19,21,23)/t15-,16+/m0/s1. The second kappa shape index (κ2) is 8.19. The number of thioether (sulfide) groups is 1. The van der Waals surface area contributed by atoms with Gasteiger partial charge >= 0.3 is 6.03 Å². The molecule has 0 radical (unpaired) electrons. The van der Waals surface area contributed by atoms with Crippen LogP contribution in [-0.2, 0) is 13.1 Å². The summed E-state index contributed by atoms with van der Waals surface area (Å²) in [5, 5.41) is 10.8. The van der Waals surface area contributed by atoms with E-state index in [2.05, 4.69) is 39.1 Å². The highest BCUT2D eigenvalue weighted by Gasteiger charge is 2.24. The number of hydrogen-bond donors (Lipinski definition) is 2. The average Bonchev–Trinajstić information content (AvgIpc) is 3.26. The normalized spacial score (nSPS) is 20.0. The molecule has 1 saturated carbocycles. The summed E-state index contributed by atoms with van der Waals surface area (Å²) < 4.78 is 1.78. The highest BCUT2D eigenvalue weighted by atomic mass is 32.2. The van der Waals surface area contributed by atoms with E-state index in [0.717, 1.165) is 24.0 Å². The average molecular weight is 345 g/mol. The van der Waals surface area contributed by atoms with Crippen LogP contribution in [0.2, 0.25) is 0 Å². The number of aromatic nitrogens is 3. The molecule has 1 aromatic carbocycles. The van der Waals surface area contributed by atoms with E-state index in [-0.39, 0.29) is 6.03 Å². The lowest BCUT2D eigenvalue weighted by Crippen LogP contribution is -2.40. The molecule has 0 unspecified atom stereocenters. The molecule has 0 saturated heterocycles. The molecule has 3 rings (SSSR count). The maximum Gasteiger partial charge on any atom is 0.315 e. The first-order valence-electron chi connectivity index (χ1n) is 8.20. The van der Waals surface area contributed by atoms with Gasteiger partial charge in [0.25, 0.3) is 0 Å². The van der Waals surface area contributed by atoms with Gasteiger partial charge in [0.05, 0.1) is 6.54 Å². The number of nitrogens with one attached hydrogen (secondary N) is 2. The van der Waals surface area contributed by atoms with E-state index in [1.807, 2.05) is 23.9 Å². The molecule has 7 heteroatoms. The molecule has 1 aliphatic carbocycles. The Labute approximate surface area is 146 Å². The minimum Gasteiger partial charge on any atom is -0.335 e. The van der Waals surface area contributed by atoms with Crippen molar-refractivity contribution < 1.29 is 4.79 Å². The molecule has 2 aromatic rings. The lowest BCUT2D eigenvalue weighted by atomic mass is 10.1. The van der Waals surface area contributed by atoms with Crippen LogP contribution in [0.15, 0.2) is 36.9 Å². The number of carbonyl (C=O) groups is 1. The summed E-state index contributed by atoms with van der Waals surface area (Å²) in [7, 11) is 0. The molecule has 2 N–H and O–H groups in total. The monoisotopic (exact) mass is 345 g/mol. The zero-order valence-corrected chi connectivity index (χ0v) is 14.6. The summed E-state index contributed by atoms with van der Waals surface area (Å²) >= 11 is 1.89. The molecule has 2 atom stereocenters. The zero-order chi connectivity index (χ0) is 16.8. The van der Waals surface area contributed by atoms with Crippen molar-refractivity contribution in [1.29, 1.82) is 0 Å². The highest BCUT2D eigenvalue weighted by molar-refractivity contribution is 7.99. The Balaban J connectivity index is 1.42. The van der Waals surface area contributed by atoms with Crippen molar-refractivity contribution in [2.45, 2.75) is 43.6 Å². The van der Waals surface area contributed by atoms with Crippen LogP contribution in [-0.4, -0.2) is 38.3 Å². The molecule has 0 spiro atoms. The number of nitrogens with zero attached hydrogens (tertiary/aromatic N) is 3. The van der Waals surface area contributed by atoms with Gasteiger partial charge in [0.15, 0.2) is 0 Å². The fourth-order valence-electron chi connectivity index (χ4n) is 2.97. The van der Waals surface area contributed by atoms with Gasteiger partial charge in [-0.2, -0.15) is 16.9 Å². The Morgan fingerprint density at radius 3 is 2.75 bits per heavy atom. The van der Waals surface area contributed by atoms with Gasteiger partial charge in [-0.25, -0.2) is 14.5 Å². The summed E-state index contributed by atoms with van der Waals surface area (Å²) in [6.07, 6.45) is 8.72. The maximum atomic E-state index is 12.0. The van der Waals surface area contributed by atoms with Gasteiger partial charge in [0.1, 0.15) is 12.7 Å². The van der Waals surface area contributed by atoms with Gasteiger partial charge in [-0.1, -0.05) is 24.3 Å². The minimum absolute atomic E-state index is 0.0755. The summed E-state index contributed by atoms with van der Waals surface area (Å²) in [6, 6.07) is 8.41. The van der Waals surface area contributed by atoms with Crippen molar-refractivity contribution >= 4 is 17.8 Å². The smallest absolute Gasteiger partial charge is 0.315 e. The fourth-order valence-corrected chi connectivity index (χ4v) is 3.76. The second-order valence-corrected chi connectivity index (χ2v) is 7.24. The molecule has 0 aliphatic heterocycles. The summed E-state index contributed by atoms with van der Waals surface area (Å²) in [4.78, 5) is 15.9. The Hall–Kier alpha value is -2.02. The van der Waals surface area contributed by atoms with E-state index in [9.17, 15) is 4.79 Å². The van der Waals surface area contributed by atoms with Gasteiger partial charge < -0.3 is 10.6 Å². The van der Waals surface area contributed by atoms with Crippen molar-refractivity contribution in [3.8, 4) is 0 Å². The Bertz CT molecular complexity index is 644. The minimum atomic E-state index is -0.0755. The number of hydrogen-bond acceptors (Lipinski definition) is 4. The number of urea groups is 1. The molecule has 1 aliphatic rings. The van der Waals surface area contributed by atoms with Crippen LogP contribution in [0.4, 0.5) is 4.79 Å². The third-order valence-electron chi connectivity index (χ3n) is 4.34. The van der Waals surface area contributed by atoms with E-state index < -0.39 is 0 Å². The van der Waals surface area contributed by atoms with Crippen LogP contribution >= 0.6 is 11.8 Å². The van der Waals surface area contributed by atoms with Crippen LogP contribution in [0, 0.1) is 0 Å². The van der Waals surface area contributed by atoms with Gasteiger partial charge in [0, 0.05) is 17.8 Å². The van der Waals surface area contributed by atoms with Crippen molar-refractivity contribution in [2.24, 2.45) is 0 Å². The number of benzene rings is 1. The molecule has 1 heterocycles. The number of carbonyl (C=O) groups excluding carboxylic acids is 1. The Morgan fingerprint density at radius 2 is 2.08 bits per heavy atom. The molecule has 128 valence electrons. The number of rotatable bonds is 6. The first-order valence-corrected chi connectivity index (χ1v) is 9.49. The lowest BCUT2D eigenvalue weighted by Gasteiger charge is -2.14. The lowest BCUT2D eigenvalue weighted by molar-refractivity contribution is 0.236. The maximum absolute atomic E-state index is 12.0. The quantitative estimate of drug-likeness (QED) is 0.843. The predicted octanol–water partition coefficient (Wildman–Crippen LogP) is 2.41. The van der Waals surface area contributed by atoms with Crippen molar-refractivity contribution in [3.05, 3.63) is 48.0 Å². The van der Waals surface area contributed by atoms with E-state index in [1.165, 1.54) is 12.7 Å². The van der Waals surface area contributed by atoms with Crippen LogP contribution in [0.5, 0.6) is 0 Å². The summed E-state index contributed by atoms with van der Waals surface area (Å²) in [6.45, 7) is 1.24. The molecule has 2 amide bonds. The SMILES string of the molecule is CS[C@@H]1CC[C@H](NC(=O)NCc2ccc(Cn3cncn3)cc2)C1. The van der Waals surface area contributed by atoms with Crippen LogP contribution in [0.3, 0.4) is 0 Å². The number of amides is 2. The second-order valence-electron chi connectivity index (χ2n) is 6.10. The first-order chi connectivity index (χ1) is 11.7. The highest BCUT2D eigenvalue weighted by Crippen LogP contribution is 2.27. The molecule has 1 aromatic heterocycles. The van der Waals surface area contributed by atoms with Gasteiger partial charge in [0.2, 0.25) is 0 Å². The van der Waals surface area contributed by atoms with Crippen LogP contribution in [0.1, 0.15) is 30.4 Å². The molecule has 6 nitrogen and oxygen atoms in total. The van der Waals surface area contributed by atoms with E-state index >= 15 is 0 Å². The zero-order valence-electron chi connectivity index (χ0n) is 13.8. The Kier molecular flexibility index (Phi) is 5.74. The van der Waals surface area contributed by atoms with E-state index in [4.69, 9.17) is 0 Å².